The first-order valence-corrected chi connectivity index (χ1v) is 8.11. The number of hydrogen-bond donors (Lipinski definition) is 1. The quantitative estimate of drug-likeness (QED) is 0.814. The summed E-state index contributed by atoms with van der Waals surface area (Å²) in [6, 6.07) is 11.6. The van der Waals surface area contributed by atoms with E-state index in [-0.39, 0.29) is 18.3 Å². The summed E-state index contributed by atoms with van der Waals surface area (Å²) in [4.78, 5) is 13.9. The molecule has 0 bridgehead atoms. The predicted octanol–water partition coefficient (Wildman–Crippen LogP) is 4.29. The smallest absolute Gasteiger partial charge is 0.321 e. The van der Waals surface area contributed by atoms with Crippen LogP contribution in [0, 0.1) is 5.82 Å². The summed E-state index contributed by atoms with van der Waals surface area (Å²) in [6.45, 7) is 2.86. The van der Waals surface area contributed by atoms with Crippen LogP contribution in [0.1, 0.15) is 18.9 Å². The van der Waals surface area contributed by atoms with Crippen molar-refractivity contribution in [3.8, 4) is 11.5 Å². The Bertz CT molecular complexity index is 722. The van der Waals surface area contributed by atoms with Crippen LogP contribution >= 0.6 is 0 Å². The standard InChI is InChI=1S/C19H23FN2O3/c1-4-11-25-18-8-6-5-7-16(18)21-19(23)22(2)13-14-9-10-17(24-3)15(20)12-14/h5-10,12H,4,11,13H2,1-3H3,(H,21,23). The molecule has 6 heteroatoms. The van der Waals surface area contributed by atoms with Crippen LogP contribution in [0.2, 0.25) is 0 Å². The van der Waals surface area contributed by atoms with Gasteiger partial charge in [0.25, 0.3) is 0 Å². The maximum atomic E-state index is 13.8. The number of benzene rings is 2. The molecule has 2 amide bonds. The monoisotopic (exact) mass is 346 g/mol. The van der Waals surface area contributed by atoms with Gasteiger partial charge in [-0.1, -0.05) is 25.1 Å². The van der Waals surface area contributed by atoms with Crippen molar-refractivity contribution in [2.24, 2.45) is 0 Å². The van der Waals surface area contributed by atoms with Gasteiger partial charge >= 0.3 is 6.03 Å². The molecule has 0 fully saturated rings. The molecule has 1 N–H and O–H groups in total. The highest BCUT2D eigenvalue weighted by molar-refractivity contribution is 5.90. The summed E-state index contributed by atoms with van der Waals surface area (Å²) < 4.78 is 24.3. The van der Waals surface area contributed by atoms with Crippen LogP contribution in [0.4, 0.5) is 14.9 Å². The SMILES string of the molecule is CCCOc1ccccc1NC(=O)N(C)Cc1ccc(OC)c(F)c1. The molecule has 2 aromatic carbocycles. The summed E-state index contributed by atoms with van der Waals surface area (Å²) in [5.41, 5.74) is 1.28. The van der Waals surface area contributed by atoms with Gasteiger partial charge in [-0.05, 0) is 36.2 Å². The fraction of sp³-hybridized carbons (Fsp3) is 0.316. The van der Waals surface area contributed by atoms with Crippen LogP contribution in [-0.2, 0) is 6.54 Å². The average Bonchev–Trinajstić information content (AvgIpc) is 2.61. The second-order valence-electron chi connectivity index (χ2n) is 5.60. The summed E-state index contributed by atoms with van der Waals surface area (Å²) in [5, 5.41) is 2.82. The van der Waals surface area contributed by atoms with Crippen LogP contribution in [0.15, 0.2) is 42.5 Å². The summed E-state index contributed by atoms with van der Waals surface area (Å²) in [5.74, 6) is 0.353. The van der Waals surface area contributed by atoms with Crippen molar-refractivity contribution >= 4 is 11.7 Å². The first-order chi connectivity index (χ1) is 12.0. The number of methoxy groups -OCH3 is 1. The molecule has 0 spiro atoms. The fourth-order valence-electron chi connectivity index (χ4n) is 2.27. The average molecular weight is 346 g/mol. The maximum Gasteiger partial charge on any atom is 0.321 e. The van der Waals surface area contributed by atoms with E-state index in [1.807, 2.05) is 25.1 Å². The fourth-order valence-corrected chi connectivity index (χ4v) is 2.27. The van der Waals surface area contributed by atoms with E-state index in [9.17, 15) is 9.18 Å². The van der Waals surface area contributed by atoms with Gasteiger partial charge in [-0.25, -0.2) is 9.18 Å². The molecule has 0 atom stereocenters. The zero-order chi connectivity index (χ0) is 18.2. The Hall–Kier alpha value is -2.76. The molecule has 5 nitrogen and oxygen atoms in total. The van der Waals surface area contributed by atoms with E-state index in [2.05, 4.69) is 5.32 Å². The van der Waals surface area contributed by atoms with Gasteiger partial charge in [0.1, 0.15) is 5.75 Å². The number of para-hydroxylation sites is 2. The topological polar surface area (TPSA) is 50.8 Å². The van der Waals surface area contributed by atoms with E-state index in [0.717, 1.165) is 6.42 Å². The van der Waals surface area contributed by atoms with Gasteiger partial charge in [-0.15, -0.1) is 0 Å². The number of carbonyl (C=O) groups excluding carboxylic acids is 1. The Balaban J connectivity index is 2.02. The van der Waals surface area contributed by atoms with Gasteiger partial charge in [0, 0.05) is 13.6 Å². The van der Waals surface area contributed by atoms with E-state index >= 15 is 0 Å². The number of halogens is 1. The molecule has 0 saturated heterocycles. The minimum Gasteiger partial charge on any atom is -0.494 e. The Morgan fingerprint density at radius 1 is 1.20 bits per heavy atom. The molecule has 0 aliphatic carbocycles. The molecular weight excluding hydrogens is 323 g/mol. The van der Waals surface area contributed by atoms with E-state index in [0.29, 0.717) is 23.6 Å². The van der Waals surface area contributed by atoms with Crippen LogP contribution in [0.5, 0.6) is 11.5 Å². The maximum absolute atomic E-state index is 13.8. The lowest BCUT2D eigenvalue weighted by atomic mass is 10.2. The zero-order valence-corrected chi connectivity index (χ0v) is 14.7. The number of rotatable bonds is 7. The van der Waals surface area contributed by atoms with E-state index in [1.54, 1.807) is 25.2 Å². The van der Waals surface area contributed by atoms with Crippen molar-refractivity contribution < 1.29 is 18.7 Å². The second-order valence-corrected chi connectivity index (χ2v) is 5.60. The van der Waals surface area contributed by atoms with Gasteiger partial charge in [0.15, 0.2) is 11.6 Å². The highest BCUT2D eigenvalue weighted by Crippen LogP contribution is 2.24. The van der Waals surface area contributed by atoms with Gasteiger partial charge in [-0.3, -0.25) is 0 Å². The van der Waals surface area contributed by atoms with E-state index in [4.69, 9.17) is 9.47 Å². The van der Waals surface area contributed by atoms with Crippen LogP contribution in [0.3, 0.4) is 0 Å². The van der Waals surface area contributed by atoms with E-state index in [1.165, 1.54) is 18.1 Å². The molecule has 0 radical (unpaired) electrons. The summed E-state index contributed by atoms with van der Waals surface area (Å²) in [7, 11) is 3.06. The Labute approximate surface area is 147 Å². The largest absolute Gasteiger partial charge is 0.494 e. The normalized spacial score (nSPS) is 10.2. The van der Waals surface area contributed by atoms with Gasteiger partial charge in [-0.2, -0.15) is 0 Å². The molecular formula is C19H23FN2O3. The number of anilines is 1. The predicted molar refractivity (Wildman–Crippen MR) is 95.7 cm³/mol. The molecule has 0 aromatic heterocycles. The Morgan fingerprint density at radius 2 is 1.96 bits per heavy atom. The highest BCUT2D eigenvalue weighted by Gasteiger charge is 2.13. The lowest BCUT2D eigenvalue weighted by Crippen LogP contribution is -2.31. The molecule has 25 heavy (non-hydrogen) atoms. The number of urea groups is 1. The third kappa shape index (κ3) is 5.11. The van der Waals surface area contributed by atoms with Crippen LogP contribution in [-0.4, -0.2) is 31.7 Å². The number of ether oxygens (including phenoxy) is 2. The minimum absolute atomic E-state index is 0.179. The number of amides is 2. The van der Waals surface area contributed by atoms with Crippen molar-refractivity contribution in [1.29, 1.82) is 0 Å². The summed E-state index contributed by atoms with van der Waals surface area (Å²) in [6.07, 6.45) is 0.880. The molecule has 2 rings (SSSR count). The molecule has 0 aliphatic rings. The second kappa shape index (κ2) is 8.92. The van der Waals surface area contributed by atoms with Gasteiger partial charge in [0.05, 0.1) is 19.4 Å². The van der Waals surface area contributed by atoms with Crippen molar-refractivity contribution in [3.05, 3.63) is 53.8 Å². The van der Waals surface area contributed by atoms with Gasteiger partial charge < -0.3 is 19.7 Å². The number of nitrogens with zero attached hydrogens (tertiary/aromatic N) is 1. The summed E-state index contributed by atoms with van der Waals surface area (Å²) >= 11 is 0. The van der Waals surface area contributed by atoms with Crippen LogP contribution in [0.25, 0.3) is 0 Å². The highest BCUT2D eigenvalue weighted by atomic mass is 19.1. The van der Waals surface area contributed by atoms with Gasteiger partial charge in [0.2, 0.25) is 0 Å². The number of hydrogen-bond acceptors (Lipinski definition) is 3. The molecule has 0 saturated carbocycles. The molecule has 0 aliphatic heterocycles. The van der Waals surface area contributed by atoms with Crippen molar-refractivity contribution in [2.45, 2.75) is 19.9 Å². The lowest BCUT2D eigenvalue weighted by molar-refractivity contribution is 0.220. The first-order valence-electron chi connectivity index (χ1n) is 8.11. The third-order valence-corrected chi connectivity index (χ3v) is 3.57. The van der Waals surface area contributed by atoms with Crippen molar-refractivity contribution in [3.63, 3.8) is 0 Å². The number of carbonyl (C=O) groups is 1. The third-order valence-electron chi connectivity index (χ3n) is 3.57. The zero-order valence-electron chi connectivity index (χ0n) is 14.7. The lowest BCUT2D eigenvalue weighted by Gasteiger charge is -2.19. The van der Waals surface area contributed by atoms with Crippen molar-refractivity contribution in [2.75, 3.05) is 26.1 Å². The van der Waals surface area contributed by atoms with E-state index < -0.39 is 5.82 Å². The molecule has 0 heterocycles. The Morgan fingerprint density at radius 3 is 2.64 bits per heavy atom. The molecule has 2 aromatic rings. The molecule has 0 unspecified atom stereocenters. The Kier molecular flexibility index (Phi) is 6.62. The minimum atomic E-state index is -0.452. The van der Waals surface area contributed by atoms with Crippen LogP contribution < -0.4 is 14.8 Å². The number of nitrogens with one attached hydrogen (secondary N) is 1. The first kappa shape index (κ1) is 18.6. The molecule has 134 valence electrons. The van der Waals surface area contributed by atoms with Crippen molar-refractivity contribution in [1.82, 2.24) is 4.90 Å².